The Morgan fingerprint density at radius 3 is 2.47 bits per heavy atom. The summed E-state index contributed by atoms with van der Waals surface area (Å²) in [5.74, 6) is -0.373. The van der Waals surface area contributed by atoms with Crippen LogP contribution in [0.5, 0.6) is 0 Å². The Morgan fingerprint density at radius 2 is 2.06 bits per heavy atom. The maximum absolute atomic E-state index is 11.7. The Hall–Kier alpha value is -0.610. The van der Waals surface area contributed by atoms with Crippen molar-refractivity contribution >= 4 is 5.97 Å². The van der Waals surface area contributed by atoms with Gasteiger partial charge >= 0.3 is 5.97 Å². The van der Waals surface area contributed by atoms with Gasteiger partial charge in [-0.05, 0) is 51.7 Å². The van der Waals surface area contributed by atoms with Gasteiger partial charge in [-0.1, -0.05) is 13.8 Å². The number of nitrogens with zero attached hydrogens (tertiary/aromatic N) is 1. The van der Waals surface area contributed by atoms with Gasteiger partial charge in [0.1, 0.15) is 5.54 Å². The maximum atomic E-state index is 11.7. The molecule has 0 saturated heterocycles. The van der Waals surface area contributed by atoms with Gasteiger partial charge in [-0.2, -0.15) is 0 Å². The number of rotatable bonds is 9. The first-order chi connectivity index (χ1) is 8.06. The van der Waals surface area contributed by atoms with Gasteiger partial charge in [-0.3, -0.25) is 4.79 Å². The van der Waals surface area contributed by atoms with Gasteiger partial charge < -0.3 is 15.3 Å². The predicted molar refractivity (Wildman–Crippen MR) is 69.2 cm³/mol. The molecule has 0 radical (unpaired) electrons. The number of hydrogen-bond acceptors (Lipinski definition) is 3. The minimum Gasteiger partial charge on any atom is -0.480 e. The Bertz CT molecular complexity index is 254. The number of hydrogen-bond donors (Lipinski definition) is 2. The zero-order valence-corrected chi connectivity index (χ0v) is 11.3. The molecule has 17 heavy (non-hydrogen) atoms. The normalized spacial score (nSPS) is 19.3. The second-order valence-corrected chi connectivity index (χ2v) is 5.22. The first-order valence-electron chi connectivity index (χ1n) is 6.73. The Labute approximate surface area is 104 Å². The minimum atomic E-state index is -0.722. The van der Waals surface area contributed by atoms with Gasteiger partial charge in [0, 0.05) is 6.54 Å². The first kappa shape index (κ1) is 14.5. The summed E-state index contributed by atoms with van der Waals surface area (Å²) in [5, 5.41) is 12.9. The fourth-order valence-corrected chi connectivity index (χ4v) is 2.46. The summed E-state index contributed by atoms with van der Waals surface area (Å²) in [6, 6.07) is 0. The van der Waals surface area contributed by atoms with E-state index in [9.17, 15) is 9.90 Å². The molecule has 0 spiro atoms. The molecule has 1 unspecified atom stereocenters. The van der Waals surface area contributed by atoms with Crippen LogP contribution in [0.4, 0.5) is 0 Å². The average Bonchev–Trinajstić information content (AvgIpc) is 3.08. The van der Waals surface area contributed by atoms with Crippen LogP contribution in [0.1, 0.15) is 39.5 Å². The Balaban J connectivity index is 2.71. The summed E-state index contributed by atoms with van der Waals surface area (Å²) >= 11 is 0. The van der Waals surface area contributed by atoms with Gasteiger partial charge in [-0.25, -0.2) is 0 Å². The van der Waals surface area contributed by atoms with Gasteiger partial charge in [-0.15, -0.1) is 0 Å². The molecule has 4 heteroatoms. The van der Waals surface area contributed by atoms with E-state index in [0.717, 1.165) is 38.8 Å². The zero-order valence-electron chi connectivity index (χ0n) is 11.3. The molecule has 0 aromatic rings. The molecule has 0 aromatic heterocycles. The van der Waals surface area contributed by atoms with Crippen LogP contribution in [0.15, 0.2) is 0 Å². The molecular formula is C13H26N2O2. The predicted octanol–water partition coefficient (Wildman–Crippen LogP) is 1.56. The van der Waals surface area contributed by atoms with Crippen LogP contribution in [0.2, 0.25) is 0 Å². The summed E-state index contributed by atoms with van der Waals surface area (Å²) in [7, 11) is 2.01. The lowest BCUT2D eigenvalue weighted by Crippen LogP contribution is -2.60. The lowest BCUT2D eigenvalue weighted by molar-refractivity contribution is -0.146. The van der Waals surface area contributed by atoms with E-state index in [1.54, 1.807) is 0 Å². The molecule has 0 aliphatic heterocycles. The first-order valence-corrected chi connectivity index (χ1v) is 6.73. The molecule has 0 bridgehead atoms. The third kappa shape index (κ3) is 3.68. The maximum Gasteiger partial charge on any atom is 0.325 e. The van der Waals surface area contributed by atoms with E-state index in [0.29, 0.717) is 12.5 Å². The fraction of sp³-hybridized carbons (Fsp3) is 0.923. The second kappa shape index (κ2) is 6.36. The van der Waals surface area contributed by atoms with Crippen LogP contribution in [-0.4, -0.2) is 48.2 Å². The number of carbonyl (C=O) groups is 1. The summed E-state index contributed by atoms with van der Waals surface area (Å²) in [6.07, 6.45) is 4.12. The zero-order chi connectivity index (χ0) is 12.9. The molecular weight excluding hydrogens is 216 g/mol. The van der Waals surface area contributed by atoms with Crippen molar-refractivity contribution in [2.24, 2.45) is 5.92 Å². The Morgan fingerprint density at radius 1 is 1.41 bits per heavy atom. The molecule has 1 rings (SSSR count). The quantitative estimate of drug-likeness (QED) is 0.644. The van der Waals surface area contributed by atoms with Crippen LogP contribution in [0.3, 0.4) is 0 Å². The number of likely N-dealkylation sites (N-methyl/N-ethyl adjacent to an activating group) is 1. The molecule has 100 valence electrons. The second-order valence-electron chi connectivity index (χ2n) is 5.22. The number of nitrogens with one attached hydrogen (secondary N) is 1. The smallest absolute Gasteiger partial charge is 0.325 e. The van der Waals surface area contributed by atoms with E-state index in [1.165, 1.54) is 0 Å². The van der Waals surface area contributed by atoms with Crippen molar-refractivity contribution in [2.75, 3.05) is 26.7 Å². The topological polar surface area (TPSA) is 52.6 Å². The third-order valence-electron chi connectivity index (χ3n) is 3.47. The van der Waals surface area contributed by atoms with E-state index in [2.05, 4.69) is 24.1 Å². The van der Waals surface area contributed by atoms with Crippen molar-refractivity contribution in [2.45, 2.75) is 45.1 Å². The molecule has 0 aromatic carbocycles. The van der Waals surface area contributed by atoms with Gasteiger partial charge in [0.2, 0.25) is 0 Å². The van der Waals surface area contributed by atoms with Crippen LogP contribution < -0.4 is 5.32 Å². The van der Waals surface area contributed by atoms with Crippen molar-refractivity contribution in [3.8, 4) is 0 Å². The van der Waals surface area contributed by atoms with E-state index >= 15 is 0 Å². The van der Waals surface area contributed by atoms with Crippen molar-refractivity contribution in [3.05, 3.63) is 0 Å². The van der Waals surface area contributed by atoms with Crippen molar-refractivity contribution in [3.63, 3.8) is 0 Å². The third-order valence-corrected chi connectivity index (χ3v) is 3.47. The van der Waals surface area contributed by atoms with E-state index in [-0.39, 0.29) is 0 Å². The van der Waals surface area contributed by atoms with Crippen molar-refractivity contribution < 1.29 is 9.90 Å². The van der Waals surface area contributed by atoms with Crippen molar-refractivity contribution in [1.82, 2.24) is 10.2 Å². The SMILES string of the molecule is CCCNC(CN(C)CCC)(C(=O)O)C1CC1. The highest BCUT2D eigenvalue weighted by Gasteiger charge is 2.51. The summed E-state index contributed by atoms with van der Waals surface area (Å²) in [4.78, 5) is 13.8. The van der Waals surface area contributed by atoms with Crippen LogP contribution >= 0.6 is 0 Å². The van der Waals surface area contributed by atoms with Crippen LogP contribution in [0, 0.1) is 5.92 Å². The number of aliphatic carboxylic acids is 1. The summed E-state index contributed by atoms with van der Waals surface area (Å²) in [6.45, 7) is 6.54. The van der Waals surface area contributed by atoms with Crippen LogP contribution in [-0.2, 0) is 4.79 Å². The number of carboxylic acids is 1. The monoisotopic (exact) mass is 242 g/mol. The standard InChI is InChI=1S/C13H26N2O2/c1-4-8-14-13(12(16)17,11-6-7-11)10-15(3)9-5-2/h11,14H,4-10H2,1-3H3,(H,16,17). The van der Waals surface area contributed by atoms with E-state index in [1.807, 2.05) is 7.05 Å². The van der Waals surface area contributed by atoms with Crippen LogP contribution in [0.25, 0.3) is 0 Å². The van der Waals surface area contributed by atoms with Gasteiger partial charge in [0.05, 0.1) is 0 Å². The molecule has 0 heterocycles. The Kier molecular flexibility index (Phi) is 5.40. The molecule has 1 aliphatic rings. The average molecular weight is 242 g/mol. The molecule has 4 nitrogen and oxygen atoms in total. The lowest BCUT2D eigenvalue weighted by Gasteiger charge is -2.34. The molecule has 1 fully saturated rings. The lowest BCUT2D eigenvalue weighted by atomic mass is 9.92. The molecule has 1 atom stereocenters. The number of carboxylic acid groups (broad SMARTS) is 1. The molecule has 1 aliphatic carbocycles. The highest BCUT2D eigenvalue weighted by molar-refractivity contribution is 5.80. The fourth-order valence-electron chi connectivity index (χ4n) is 2.46. The summed E-state index contributed by atoms with van der Waals surface area (Å²) in [5.41, 5.74) is -0.722. The van der Waals surface area contributed by atoms with Gasteiger partial charge in [0.25, 0.3) is 0 Å². The molecule has 0 amide bonds. The highest BCUT2D eigenvalue weighted by atomic mass is 16.4. The van der Waals surface area contributed by atoms with E-state index in [4.69, 9.17) is 0 Å². The summed E-state index contributed by atoms with van der Waals surface area (Å²) < 4.78 is 0. The minimum absolute atomic E-state index is 0.311. The largest absolute Gasteiger partial charge is 0.480 e. The molecule has 2 N–H and O–H groups in total. The van der Waals surface area contributed by atoms with E-state index < -0.39 is 11.5 Å². The molecule has 1 saturated carbocycles. The van der Waals surface area contributed by atoms with Gasteiger partial charge in [0.15, 0.2) is 0 Å². The van der Waals surface area contributed by atoms with Crippen molar-refractivity contribution in [1.29, 1.82) is 0 Å². The highest BCUT2D eigenvalue weighted by Crippen LogP contribution is 2.40.